The average molecular weight is 588 g/mol. The number of rotatable bonds is 8. The predicted molar refractivity (Wildman–Crippen MR) is 174 cm³/mol. The highest BCUT2D eigenvalue weighted by Gasteiger charge is 2.27. The molecule has 2 fully saturated rings. The number of carbonyl (C=O) groups is 2. The van der Waals surface area contributed by atoms with Gasteiger partial charge in [-0.2, -0.15) is 0 Å². The lowest BCUT2D eigenvalue weighted by atomic mass is 9.88. The molecule has 0 bridgehead atoms. The monoisotopic (exact) mass is 587 g/mol. The second kappa shape index (κ2) is 13.1. The first-order chi connectivity index (χ1) is 21.5. The predicted octanol–water partition coefficient (Wildman–Crippen LogP) is 5.92. The van der Waals surface area contributed by atoms with Gasteiger partial charge in [0.1, 0.15) is 5.75 Å². The molecule has 1 aromatic heterocycles. The van der Waals surface area contributed by atoms with E-state index in [9.17, 15) is 14.7 Å². The molecule has 8 heteroatoms. The lowest BCUT2D eigenvalue weighted by Gasteiger charge is -2.37. The molecule has 0 atom stereocenters. The standard InChI is InChI=1S/C36H37N5O3/c1-2-32(26-6-4-3-5-7-26)35(28-10-14-31(42)15-11-28)27-8-12-30(13-9-27)40-22-20-39(21-23-40)25-29-16-18-37-24-33(29)41-19-17-34(43)38-36(41)44/h3-16,18,24,42H,2,17,19-23,25H2,1H3,(H,38,43,44). The minimum absolute atomic E-state index is 0.240. The number of piperazine rings is 1. The average Bonchev–Trinajstić information content (AvgIpc) is 3.06. The first-order valence-electron chi connectivity index (χ1n) is 15.2. The highest BCUT2D eigenvalue weighted by molar-refractivity contribution is 6.05. The maximum absolute atomic E-state index is 12.5. The summed E-state index contributed by atoms with van der Waals surface area (Å²) in [5.74, 6) is 0.0180. The molecule has 2 aliphatic heterocycles. The van der Waals surface area contributed by atoms with Crippen LogP contribution in [0.5, 0.6) is 5.75 Å². The van der Waals surface area contributed by atoms with Crippen LogP contribution in [0.2, 0.25) is 0 Å². The fourth-order valence-electron chi connectivity index (χ4n) is 6.14. The summed E-state index contributed by atoms with van der Waals surface area (Å²) in [6, 6.07) is 28.4. The molecule has 2 N–H and O–H groups in total. The summed E-state index contributed by atoms with van der Waals surface area (Å²) in [5.41, 5.74) is 8.84. The van der Waals surface area contributed by atoms with Crippen LogP contribution in [0.4, 0.5) is 16.2 Å². The number of nitrogens with zero attached hydrogens (tertiary/aromatic N) is 4. The van der Waals surface area contributed by atoms with Gasteiger partial charge in [-0.15, -0.1) is 0 Å². The number of urea groups is 1. The van der Waals surface area contributed by atoms with Crippen LogP contribution in [0.15, 0.2) is 97.3 Å². The van der Waals surface area contributed by atoms with Gasteiger partial charge < -0.3 is 10.0 Å². The van der Waals surface area contributed by atoms with Gasteiger partial charge in [-0.3, -0.25) is 24.9 Å². The van der Waals surface area contributed by atoms with E-state index < -0.39 is 0 Å². The van der Waals surface area contributed by atoms with E-state index in [-0.39, 0.29) is 24.1 Å². The van der Waals surface area contributed by atoms with E-state index in [4.69, 9.17) is 0 Å². The van der Waals surface area contributed by atoms with E-state index in [2.05, 4.69) is 75.6 Å². The fourth-order valence-corrected chi connectivity index (χ4v) is 6.14. The normalized spacial score (nSPS) is 16.5. The van der Waals surface area contributed by atoms with Crippen LogP contribution in [-0.2, 0) is 11.3 Å². The number of aromatic hydroxyl groups is 1. The summed E-state index contributed by atoms with van der Waals surface area (Å²) in [6.45, 7) is 6.83. The van der Waals surface area contributed by atoms with Gasteiger partial charge in [0.25, 0.3) is 0 Å². The Morgan fingerprint density at radius 3 is 2.16 bits per heavy atom. The van der Waals surface area contributed by atoms with Crippen LogP contribution in [0.3, 0.4) is 0 Å². The number of pyridine rings is 1. The molecule has 6 rings (SSSR count). The molecule has 0 saturated carbocycles. The van der Waals surface area contributed by atoms with Crippen LogP contribution >= 0.6 is 0 Å². The molecule has 2 aliphatic rings. The molecule has 0 unspecified atom stereocenters. The summed E-state index contributed by atoms with van der Waals surface area (Å²) < 4.78 is 0. The van der Waals surface area contributed by atoms with E-state index >= 15 is 0 Å². The van der Waals surface area contributed by atoms with Crippen molar-refractivity contribution in [1.82, 2.24) is 15.2 Å². The molecule has 44 heavy (non-hydrogen) atoms. The van der Waals surface area contributed by atoms with Gasteiger partial charge in [-0.1, -0.05) is 61.5 Å². The number of imide groups is 1. The zero-order valence-corrected chi connectivity index (χ0v) is 24.9. The van der Waals surface area contributed by atoms with Crippen molar-refractivity contribution >= 4 is 34.5 Å². The van der Waals surface area contributed by atoms with Crippen molar-refractivity contribution in [2.45, 2.75) is 26.3 Å². The van der Waals surface area contributed by atoms with E-state index in [1.807, 2.05) is 24.3 Å². The Hall–Kier alpha value is -4.95. The van der Waals surface area contributed by atoms with Gasteiger partial charge >= 0.3 is 6.03 Å². The molecule has 4 aromatic rings. The molecule has 224 valence electrons. The van der Waals surface area contributed by atoms with Gasteiger partial charge in [-0.05, 0) is 70.2 Å². The maximum Gasteiger partial charge on any atom is 0.328 e. The van der Waals surface area contributed by atoms with Crippen LogP contribution in [0, 0.1) is 0 Å². The second-order valence-corrected chi connectivity index (χ2v) is 11.2. The molecule has 2 saturated heterocycles. The first kappa shape index (κ1) is 29.1. The van der Waals surface area contributed by atoms with Gasteiger partial charge in [0.15, 0.2) is 0 Å². The van der Waals surface area contributed by atoms with Crippen LogP contribution in [0.1, 0.15) is 42.0 Å². The van der Waals surface area contributed by atoms with Gasteiger partial charge in [0, 0.05) is 57.6 Å². The fraction of sp³-hybridized carbons (Fsp3) is 0.250. The third-order valence-corrected chi connectivity index (χ3v) is 8.45. The molecular weight excluding hydrogens is 550 g/mol. The number of nitrogens with one attached hydrogen (secondary N) is 1. The highest BCUT2D eigenvalue weighted by Crippen LogP contribution is 2.36. The SMILES string of the molecule is CCC(=C(c1ccc(O)cc1)c1ccc(N2CCN(Cc3ccncc3N3CCC(=O)NC3=O)CC2)cc1)c1ccccc1. The number of carbonyl (C=O) groups excluding carboxylic acids is 2. The minimum atomic E-state index is -0.387. The quantitative estimate of drug-likeness (QED) is 0.249. The number of hydrogen-bond acceptors (Lipinski definition) is 6. The summed E-state index contributed by atoms with van der Waals surface area (Å²) >= 11 is 0. The van der Waals surface area contributed by atoms with Gasteiger partial charge in [-0.25, -0.2) is 4.79 Å². The highest BCUT2D eigenvalue weighted by atomic mass is 16.3. The van der Waals surface area contributed by atoms with Crippen molar-refractivity contribution in [2.24, 2.45) is 0 Å². The van der Waals surface area contributed by atoms with Crippen molar-refractivity contribution in [2.75, 3.05) is 42.5 Å². The summed E-state index contributed by atoms with van der Waals surface area (Å²) in [4.78, 5) is 34.8. The third-order valence-electron chi connectivity index (χ3n) is 8.45. The molecule has 3 amide bonds. The number of amides is 3. The topological polar surface area (TPSA) is 89.0 Å². The zero-order valence-electron chi connectivity index (χ0n) is 24.9. The zero-order chi connectivity index (χ0) is 30.5. The number of phenolic OH excluding ortho intramolecular Hbond substituents is 1. The molecule has 3 aromatic carbocycles. The van der Waals surface area contributed by atoms with Crippen molar-refractivity contribution in [3.8, 4) is 5.75 Å². The van der Waals surface area contributed by atoms with E-state index in [1.165, 1.54) is 22.4 Å². The van der Waals surface area contributed by atoms with Crippen molar-refractivity contribution in [3.63, 3.8) is 0 Å². The third kappa shape index (κ3) is 6.35. The Bertz CT molecular complexity index is 1640. The number of phenols is 1. The lowest BCUT2D eigenvalue weighted by Crippen LogP contribution is -2.50. The van der Waals surface area contributed by atoms with E-state index in [0.29, 0.717) is 13.1 Å². The first-order valence-corrected chi connectivity index (χ1v) is 15.2. The number of aromatic nitrogens is 1. The summed E-state index contributed by atoms with van der Waals surface area (Å²) in [6.07, 6.45) is 4.64. The number of benzene rings is 3. The molecule has 0 radical (unpaired) electrons. The van der Waals surface area contributed by atoms with Crippen LogP contribution in [-0.4, -0.2) is 59.7 Å². The van der Waals surface area contributed by atoms with Gasteiger partial charge in [0.05, 0.1) is 11.9 Å². The summed E-state index contributed by atoms with van der Waals surface area (Å²) in [7, 11) is 0. The van der Waals surface area contributed by atoms with E-state index in [1.54, 1.807) is 29.4 Å². The van der Waals surface area contributed by atoms with E-state index in [0.717, 1.165) is 55.0 Å². The smallest absolute Gasteiger partial charge is 0.328 e. The summed E-state index contributed by atoms with van der Waals surface area (Å²) in [5, 5.41) is 12.3. The Labute approximate surface area is 258 Å². The second-order valence-electron chi connectivity index (χ2n) is 11.2. The Balaban J connectivity index is 1.17. The molecule has 0 spiro atoms. The van der Waals surface area contributed by atoms with Crippen molar-refractivity contribution < 1.29 is 14.7 Å². The minimum Gasteiger partial charge on any atom is -0.508 e. The van der Waals surface area contributed by atoms with Crippen LogP contribution in [0.25, 0.3) is 11.1 Å². The maximum atomic E-state index is 12.5. The molecule has 8 nitrogen and oxygen atoms in total. The molecular formula is C36H37N5O3. The number of anilines is 2. The number of hydrogen-bond donors (Lipinski definition) is 2. The van der Waals surface area contributed by atoms with Crippen molar-refractivity contribution in [3.05, 3.63) is 120 Å². The van der Waals surface area contributed by atoms with Crippen LogP contribution < -0.4 is 15.1 Å². The Kier molecular flexibility index (Phi) is 8.70. The largest absolute Gasteiger partial charge is 0.508 e. The molecule has 3 heterocycles. The lowest BCUT2D eigenvalue weighted by molar-refractivity contribution is -0.120. The Morgan fingerprint density at radius 2 is 1.50 bits per heavy atom. The number of allylic oxidation sites excluding steroid dienone is 1. The Morgan fingerprint density at radius 1 is 0.818 bits per heavy atom. The molecule has 0 aliphatic carbocycles. The van der Waals surface area contributed by atoms with Crippen molar-refractivity contribution in [1.29, 1.82) is 0 Å². The van der Waals surface area contributed by atoms with Gasteiger partial charge in [0.2, 0.25) is 5.91 Å².